The number of thiophene rings is 1. The van der Waals surface area contributed by atoms with E-state index in [1.165, 1.54) is 5.56 Å². The fourth-order valence-corrected chi connectivity index (χ4v) is 3.02. The molecule has 0 atom stereocenters. The maximum atomic E-state index is 5.71. The molecule has 1 aromatic heterocycles. The van der Waals surface area contributed by atoms with Crippen molar-refractivity contribution in [2.24, 2.45) is 0 Å². The molecule has 0 spiro atoms. The molecule has 2 heterocycles. The van der Waals surface area contributed by atoms with Crippen molar-refractivity contribution in [2.75, 3.05) is 40.1 Å². The summed E-state index contributed by atoms with van der Waals surface area (Å²) in [6.07, 6.45) is 10.1. The lowest BCUT2D eigenvalue weighted by Crippen LogP contribution is -2.34. The van der Waals surface area contributed by atoms with Gasteiger partial charge in [0.1, 0.15) is 5.60 Å². The van der Waals surface area contributed by atoms with Gasteiger partial charge in [-0.25, -0.2) is 5.06 Å². The quantitative estimate of drug-likeness (QED) is 0.307. The van der Waals surface area contributed by atoms with E-state index in [0.717, 1.165) is 25.3 Å². The molecule has 1 aromatic rings. The van der Waals surface area contributed by atoms with E-state index >= 15 is 0 Å². The van der Waals surface area contributed by atoms with Crippen LogP contribution in [0.25, 0.3) is 0 Å². The molecule has 6 heteroatoms. The third-order valence-electron chi connectivity index (χ3n) is 4.34. The van der Waals surface area contributed by atoms with Crippen LogP contribution < -0.4 is 0 Å². The Balaban J connectivity index is 1.95. The van der Waals surface area contributed by atoms with Crippen molar-refractivity contribution in [3.05, 3.63) is 58.5 Å². The van der Waals surface area contributed by atoms with Gasteiger partial charge in [-0.15, -0.1) is 0 Å². The van der Waals surface area contributed by atoms with E-state index in [1.807, 2.05) is 43.3 Å². The highest BCUT2D eigenvalue weighted by atomic mass is 32.1. The molecule has 158 valence electrons. The summed E-state index contributed by atoms with van der Waals surface area (Å²) >= 11 is 1.68. The summed E-state index contributed by atoms with van der Waals surface area (Å²) in [6.45, 7) is 10.3. The van der Waals surface area contributed by atoms with Crippen LogP contribution in [0.5, 0.6) is 0 Å². The maximum Gasteiger partial charge on any atom is 0.123 e. The topological polar surface area (TPSA) is 34.2 Å². The molecule has 0 radical (unpaired) electrons. The lowest BCUT2D eigenvalue weighted by atomic mass is 10.1. The number of hydrogen-bond acceptors (Lipinski definition) is 6. The molecule has 0 saturated carbocycles. The monoisotopic (exact) mass is 416 g/mol. The Kier molecular flexibility index (Phi) is 10.2. The highest BCUT2D eigenvalue weighted by Crippen LogP contribution is 2.09. The van der Waals surface area contributed by atoms with Gasteiger partial charge in [-0.2, -0.15) is 11.3 Å². The summed E-state index contributed by atoms with van der Waals surface area (Å²) in [5.41, 5.74) is 1.67. The SMILES string of the molecule is CCN(CC=C(C#CC(C)(C)OC)C=CCOCc1ccsc1)CN1C=CCO1. The third-order valence-corrected chi connectivity index (χ3v) is 5.07. The molecule has 5 nitrogen and oxygen atoms in total. The number of likely N-dealkylation sites (N-methyl/N-ethyl adjacent to an activating group) is 1. The normalized spacial score (nSPS) is 14.8. The largest absolute Gasteiger partial charge is 0.373 e. The molecular formula is C23H32N2O3S. The van der Waals surface area contributed by atoms with Gasteiger partial charge in [-0.3, -0.25) is 9.74 Å². The number of rotatable bonds is 11. The standard InChI is InChI=1S/C23H32N2O3S/c1-5-24(20-25-13-7-16-28-25)14-10-21(9-12-23(2,3)26-4)8-6-15-27-18-22-11-17-29-19-22/h6-8,10-11,13,17,19H,5,14-16,18,20H2,1-4H3. The Morgan fingerprint density at radius 2 is 2.31 bits per heavy atom. The molecule has 1 aliphatic rings. The van der Waals surface area contributed by atoms with Gasteiger partial charge in [-0.05, 0) is 54.9 Å². The minimum atomic E-state index is -0.485. The van der Waals surface area contributed by atoms with Crippen molar-refractivity contribution in [1.82, 2.24) is 9.96 Å². The van der Waals surface area contributed by atoms with Gasteiger partial charge in [0.05, 0.1) is 26.5 Å². The zero-order valence-corrected chi connectivity index (χ0v) is 18.7. The van der Waals surface area contributed by atoms with Crippen LogP contribution in [0.2, 0.25) is 0 Å². The highest BCUT2D eigenvalue weighted by Gasteiger charge is 2.11. The zero-order valence-electron chi connectivity index (χ0n) is 17.9. The van der Waals surface area contributed by atoms with E-state index in [4.69, 9.17) is 14.3 Å². The predicted octanol–water partition coefficient (Wildman–Crippen LogP) is 4.22. The van der Waals surface area contributed by atoms with Gasteiger partial charge in [-0.1, -0.05) is 30.9 Å². The number of allylic oxidation sites excluding steroid dienone is 2. The molecule has 0 unspecified atom stereocenters. The van der Waals surface area contributed by atoms with Crippen LogP contribution in [-0.4, -0.2) is 55.6 Å². The van der Waals surface area contributed by atoms with Crippen LogP contribution in [0.4, 0.5) is 0 Å². The van der Waals surface area contributed by atoms with Crippen LogP contribution in [-0.2, 0) is 20.9 Å². The van der Waals surface area contributed by atoms with E-state index in [0.29, 0.717) is 19.8 Å². The lowest BCUT2D eigenvalue weighted by molar-refractivity contribution is -0.117. The van der Waals surface area contributed by atoms with E-state index in [1.54, 1.807) is 18.4 Å². The highest BCUT2D eigenvalue weighted by molar-refractivity contribution is 7.07. The summed E-state index contributed by atoms with van der Waals surface area (Å²) in [5, 5.41) is 6.02. The first-order valence-corrected chi connectivity index (χ1v) is 10.8. The second-order valence-electron chi connectivity index (χ2n) is 7.08. The second kappa shape index (κ2) is 12.6. The Morgan fingerprint density at radius 3 is 2.97 bits per heavy atom. The Morgan fingerprint density at radius 1 is 1.45 bits per heavy atom. The molecule has 29 heavy (non-hydrogen) atoms. The molecule has 0 saturated heterocycles. The molecule has 0 bridgehead atoms. The van der Waals surface area contributed by atoms with Gasteiger partial charge in [0.15, 0.2) is 0 Å². The number of hydroxylamine groups is 2. The Labute approximate surface area is 179 Å². The van der Waals surface area contributed by atoms with Gasteiger partial charge in [0.25, 0.3) is 0 Å². The average molecular weight is 417 g/mol. The number of methoxy groups -OCH3 is 1. The van der Waals surface area contributed by atoms with Crippen molar-refractivity contribution in [3.63, 3.8) is 0 Å². The summed E-state index contributed by atoms with van der Waals surface area (Å²) < 4.78 is 11.1. The first-order chi connectivity index (χ1) is 14.0. The van der Waals surface area contributed by atoms with Crippen molar-refractivity contribution in [1.29, 1.82) is 0 Å². The van der Waals surface area contributed by atoms with Crippen molar-refractivity contribution in [3.8, 4) is 11.8 Å². The van der Waals surface area contributed by atoms with Gasteiger partial charge >= 0.3 is 0 Å². The number of nitrogens with zero attached hydrogens (tertiary/aromatic N) is 2. The Hall–Kier alpha value is -1.88. The smallest absolute Gasteiger partial charge is 0.123 e. The summed E-state index contributed by atoms with van der Waals surface area (Å²) in [7, 11) is 1.68. The fraction of sp³-hybridized carbons (Fsp3) is 0.478. The third kappa shape index (κ3) is 9.44. The molecule has 0 aliphatic carbocycles. The van der Waals surface area contributed by atoms with E-state index in [9.17, 15) is 0 Å². The van der Waals surface area contributed by atoms with Crippen LogP contribution in [0.15, 0.2) is 52.9 Å². The van der Waals surface area contributed by atoms with Crippen LogP contribution in [0.1, 0.15) is 26.3 Å². The minimum Gasteiger partial charge on any atom is -0.373 e. The number of ether oxygens (including phenoxy) is 2. The molecule has 2 rings (SSSR count). The molecule has 0 aromatic carbocycles. The summed E-state index contributed by atoms with van der Waals surface area (Å²) in [6, 6.07) is 2.08. The van der Waals surface area contributed by atoms with Gasteiger partial charge in [0, 0.05) is 25.4 Å². The van der Waals surface area contributed by atoms with Crippen LogP contribution in [0.3, 0.4) is 0 Å². The van der Waals surface area contributed by atoms with Crippen LogP contribution >= 0.6 is 11.3 Å². The van der Waals surface area contributed by atoms with Crippen molar-refractivity contribution >= 4 is 11.3 Å². The lowest BCUT2D eigenvalue weighted by Gasteiger charge is -2.24. The fourth-order valence-electron chi connectivity index (χ4n) is 2.37. The minimum absolute atomic E-state index is 0.485. The van der Waals surface area contributed by atoms with Gasteiger partial charge in [0.2, 0.25) is 0 Å². The first kappa shape index (κ1) is 23.4. The van der Waals surface area contributed by atoms with Crippen LogP contribution in [0, 0.1) is 11.8 Å². The molecular weight excluding hydrogens is 384 g/mol. The maximum absolute atomic E-state index is 5.71. The molecule has 1 aliphatic heterocycles. The van der Waals surface area contributed by atoms with Gasteiger partial charge < -0.3 is 9.47 Å². The number of hydrogen-bond donors (Lipinski definition) is 0. The van der Waals surface area contributed by atoms with Crippen molar-refractivity contribution < 1.29 is 14.3 Å². The predicted molar refractivity (Wildman–Crippen MR) is 119 cm³/mol. The van der Waals surface area contributed by atoms with Crippen molar-refractivity contribution in [2.45, 2.75) is 33.0 Å². The Bertz CT molecular complexity index is 742. The first-order valence-electron chi connectivity index (χ1n) is 9.85. The summed E-state index contributed by atoms with van der Waals surface area (Å²) in [4.78, 5) is 7.78. The van der Waals surface area contributed by atoms with E-state index in [-0.39, 0.29) is 0 Å². The van der Waals surface area contributed by atoms with E-state index < -0.39 is 5.60 Å². The average Bonchev–Trinajstić information content (AvgIpc) is 3.42. The summed E-state index contributed by atoms with van der Waals surface area (Å²) in [5.74, 6) is 6.44. The molecule has 0 fully saturated rings. The second-order valence-corrected chi connectivity index (χ2v) is 7.86. The van der Waals surface area contributed by atoms with E-state index in [2.05, 4.69) is 46.6 Å². The zero-order chi connectivity index (χ0) is 21.0. The molecule has 0 amide bonds. The molecule has 0 N–H and O–H groups in total.